The molecule has 5 heteroatoms. The Morgan fingerprint density at radius 2 is 1.23 bits per heavy atom. The third-order valence-electron chi connectivity index (χ3n) is 2.68. The summed E-state index contributed by atoms with van der Waals surface area (Å²) in [6.45, 7) is 2.44. The molecular formula is C17H16O5. The van der Waals surface area contributed by atoms with E-state index in [1.54, 1.807) is 54.6 Å². The van der Waals surface area contributed by atoms with E-state index in [-0.39, 0.29) is 0 Å². The summed E-state index contributed by atoms with van der Waals surface area (Å²) in [5.74, 6) is -2.84. The zero-order chi connectivity index (χ0) is 16.0. The van der Waals surface area contributed by atoms with Gasteiger partial charge in [0.1, 0.15) is 5.75 Å². The van der Waals surface area contributed by atoms with Crippen molar-refractivity contribution in [2.75, 3.05) is 0 Å². The molecule has 0 fully saturated rings. The monoisotopic (exact) mass is 300 g/mol. The second-order valence-electron chi connectivity index (χ2n) is 4.52. The fourth-order valence-electron chi connectivity index (χ4n) is 1.90. The summed E-state index contributed by atoms with van der Waals surface area (Å²) < 4.78 is 16.2. The average molecular weight is 300 g/mol. The molecule has 0 saturated heterocycles. The van der Waals surface area contributed by atoms with Crippen LogP contribution in [0.25, 0.3) is 0 Å². The first kappa shape index (κ1) is 15.6. The molecule has 0 aliphatic carbocycles. The Hall–Kier alpha value is -2.82. The first-order valence-corrected chi connectivity index (χ1v) is 6.70. The first-order chi connectivity index (χ1) is 10.5. The second-order valence-corrected chi connectivity index (χ2v) is 4.52. The molecule has 0 amide bonds. The molecule has 22 heavy (non-hydrogen) atoms. The normalized spacial score (nSPS) is 10.6. The third-order valence-corrected chi connectivity index (χ3v) is 2.68. The van der Waals surface area contributed by atoms with E-state index in [0.717, 1.165) is 0 Å². The molecule has 2 aromatic rings. The smallest absolute Gasteiger partial charge is 0.417 e. The molecule has 0 radical (unpaired) electrons. The fourth-order valence-corrected chi connectivity index (χ4v) is 1.90. The molecular weight excluding hydrogens is 284 g/mol. The molecule has 0 unspecified atom stereocenters. The molecule has 114 valence electrons. The fraction of sp³-hybridized carbons (Fsp3) is 0.176. The Kier molecular flexibility index (Phi) is 4.78. The largest absolute Gasteiger partial charge is 0.451 e. The van der Waals surface area contributed by atoms with Crippen LogP contribution in [0, 0.1) is 0 Å². The number of esters is 2. The van der Waals surface area contributed by atoms with Crippen LogP contribution in [0.15, 0.2) is 60.7 Å². The van der Waals surface area contributed by atoms with Crippen molar-refractivity contribution in [3.8, 4) is 5.75 Å². The SMILES string of the molecule is CC(=O)OC(OC(C)=O)(Oc1ccccc1)c1ccccc1. The summed E-state index contributed by atoms with van der Waals surface area (Å²) in [5.41, 5.74) is 0.393. The zero-order valence-corrected chi connectivity index (χ0v) is 12.3. The van der Waals surface area contributed by atoms with Crippen LogP contribution in [0.1, 0.15) is 19.4 Å². The highest BCUT2D eigenvalue weighted by molar-refractivity contribution is 5.69. The highest BCUT2D eigenvalue weighted by Crippen LogP contribution is 2.31. The van der Waals surface area contributed by atoms with Crippen LogP contribution >= 0.6 is 0 Å². The van der Waals surface area contributed by atoms with E-state index < -0.39 is 17.9 Å². The summed E-state index contributed by atoms with van der Waals surface area (Å²) in [4.78, 5) is 23.0. The van der Waals surface area contributed by atoms with Gasteiger partial charge in [0, 0.05) is 13.8 Å². The lowest BCUT2D eigenvalue weighted by Crippen LogP contribution is -2.42. The number of benzene rings is 2. The first-order valence-electron chi connectivity index (χ1n) is 6.70. The van der Waals surface area contributed by atoms with E-state index in [4.69, 9.17) is 14.2 Å². The second kappa shape index (κ2) is 6.76. The van der Waals surface area contributed by atoms with Crippen LogP contribution in [-0.2, 0) is 25.0 Å². The molecule has 0 bridgehead atoms. The van der Waals surface area contributed by atoms with Crippen molar-refractivity contribution in [3.05, 3.63) is 66.2 Å². The van der Waals surface area contributed by atoms with E-state index in [1.165, 1.54) is 13.8 Å². The zero-order valence-electron chi connectivity index (χ0n) is 12.3. The minimum absolute atomic E-state index is 0.393. The third kappa shape index (κ3) is 3.85. The highest BCUT2D eigenvalue weighted by atomic mass is 16.9. The van der Waals surface area contributed by atoms with Crippen molar-refractivity contribution in [3.63, 3.8) is 0 Å². The van der Waals surface area contributed by atoms with Gasteiger partial charge in [0.05, 0.1) is 5.56 Å². The minimum Gasteiger partial charge on any atom is -0.417 e. The standard InChI is InChI=1S/C17H16O5/c1-13(18)20-17(21-14(2)19,15-9-5-3-6-10-15)22-16-11-7-4-8-12-16/h3-12H,1-2H3. The summed E-state index contributed by atoms with van der Waals surface area (Å²) >= 11 is 0. The Labute approximate surface area is 128 Å². The van der Waals surface area contributed by atoms with Crippen molar-refractivity contribution in [1.29, 1.82) is 0 Å². The van der Waals surface area contributed by atoms with Crippen LogP contribution in [0.3, 0.4) is 0 Å². The maximum Gasteiger partial charge on any atom is 0.451 e. The average Bonchev–Trinajstić information content (AvgIpc) is 2.47. The van der Waals surface area contributed by atoms with Gasteiger partial charge in [0.2, 0.25) is 0 Å². The molecule has 2 aromatic carbocycles. The van der Waals surface area contributed by atoms with Crippen molar-refractivity contribution in [1.82, 2.24) is 0 Å². The Morgan fingerprint density at radius 1 is 0.773 bits per heavy atom. The lowest BCUT2D eigenvalue weighted by Gasteiger charge is -2.31. The van der Waals surface area contributed by atoms with Gasteiger partial charge in [-0.3, -0.25) is 9.59 Å². The van der Waals surface area contributed by atoms with Gasteiger partial charge in [-0.05, 0) is 24.3 Å². The molecule has 0 aliphatic heterocycles. The quantitative estimate of drug-likeness (QED) is 0.627. The number of ether oxygens (including phenoxy) is 3. The number of hydrogen-bond acceptors (Lipinski definition) is 5. The summed E-state index contributed by atoms with van der Waals surface area (Å²) in [7, 11) is 0. The lowest BCUT2D eigenvalue weighted by molar-refractivity contribution is -0.318. The van der Waals surface area contributed by atoms with Gasteiger partial charge in [0.25, 0.3) is 0 Å². The molecule has 0 atom stereocenters. The van der Waals surface area contributed by atoms with Crippen molar-refractivity contribution >= 4 is 11.9 Å². The molecule has 0 heterocycles. The Bertz CT molecular complexity index is 621. The van der Waals surface area contributed by atoms with Crippen LogP contribution in [0.4, 0.5) is 0 Å². The number of carbonyl (C=O) groups is 2. The molecule has 0 aromatic heterocycles. The van der Waals surface area contributed by atoms with E-state index >= 15 is 0 Å². The molecule has 5 nitrogen and oxygen atoms in total. The van der Waals surface area contributed by atoms with E-state index in [0.29, 0.717) is 11.3 Å². The number of carbonyl (C=O) groups excluding carboxylic acids is 2. The van der Waals surface area contributed by atoms with Gasteiger partial charge < -0.3 is 14.2 Å². The van der Waals surface area contributed by atoms with Gasteiger partial charge in [0.15, 0.2) is 0 Å². The molecule has 0 spiro atoms. The highest BCUT2D eigenvalue weighted by Gasteiger charge is 2.43. The van der Waals surface area contributed by atoms with Gasteiger partial charge in [-0.2, -0.15) is 0 Å². The van der Waals surface area contributed by atoms with Crippen molar-refractivity contribution < 1.29 is 23.8 Å². The molecule has 0 aliphatic rings. The maximum atomic E-state index is 11.5. The van der Waals surface area contributed by atoms with Gasteiger partial charge in [-0.15, -0.1) is 0 Å². The van der Waals surface area contributed by atoms with Crippen molar-refractivity contribution in [2.45, 2.75) is 19.8 Å². The van der Waals surface area contributed by atoms with Crippen molar-refractivity contribution in [2.24, 2.45) is 0 Å². The van der Waals surface area contributed by atoms with Gasteiger partial charge in [-0.1, -0.05) is 36.4 Å². The predicted octanol–water partition coefficient (Wildman–Crippen LogP) is 3.00. The molecule has 0 saturated carbocycles. The van der Waals surface area contributed by atoms with E-state index in [9.17, 15) is 9.59 Å². The molecule has 2 rings (SSSR count). The maximum absolute atomic E-state index is 11.5. The summed E-state index contributed by atoms with van der Waals surface area (Å²) in [6, 6.07) is 17.2. The summed E-state index contributed by atoms with van der Waals surface area (Å²) in [6.07, 6.45) is 0. The Morgan fingerprint density at radius 3 is 1.68 bits per heavy atom. The van der Waals surface area contributed by atoms with E-state index in [1.807, 2.05) is 6.07 Å². The van der Waals surface area contributed by atoms with Gasteiger partial charge in [-0.25, -0.2) is 0 Å². The minimum atomic E-state index is -1.96. The van der Waals surface area contributed by atoms with E-state index in [2.05, 4.69) is 0 Å². The number of para-hydroxylation sites is 1. The lowest BCUT2D eigenvalue weighted by atomic mass is 10.2. The molecule has 0 N–H and O–H groups in total. The Balaban J connectivity index is 2.48. The number of hydrogen-bond donors (Lipinski definition) is 0. The van der Waals surface area contributed by atoms with Crippen LogP contribution in [0.5, 0.6) is 5.75 Å². The topological polar surface area (TPSA) is 61.8 Å². The summed E-state index contributed by atoms with van der Waals surface area (Å²) in [5, 5.41) is 0. The predicted molar refractivity (Wildman–Crippen MR) is 78.7 cm³/mol. The van der Waals surface area contributed by atoms with Gasteiger partial charge >= 0.3 is 17.9 Å². The number of rotatable bonds is 5. The van der Waals surface area contributed by atoms with Crippen LogP contribution < -0.4 is 4.74 Å². The van der Waals surface area contributed by atoms with Crippen LogP contribution in [0.2, 0.25) is 0 Å². The van der Waals surface area contributed by atoms with Crippen LogP contribution in [-0.4, -0.2) is 11.9 Å².